The molecule has 0 unspecified atom stereocenters. The van der Waals surface area contributed by atoms with Gasteiger partial charge in [0.1, 0.15) is 11.9 Å². The van der Waals surface area contributed by atoms with Gasteiger partial charge in [0.25, 0.3) is 0 Å². The molecule has 2 aliphatic rings. The molecule has 8 nitrogen and oxygen atoms in total. The van der Waals surface area contributed by atoms with Crippen molar-refractivity contribution in [3.8, 4) is 0 Å². The maximum Gasteiger partial charge on any atom is 0.229 e. The molecule has 4 rings (SSSR count). The minimum Gasteiger partial charge on any atom is -0.367 e. The van der Waals surface area contributed by atoms with Gasteiger partial charge in [0.2, 0.25) is 5.89 Å². The number of H-pyrrole nitrogens is 1. The van der Waals surface area contributed by atoms with Gasteiger partial charge < -0.3 is 9.26 Å². The molecule has 0 radical (unpaired) electrons. The molecular weight excluding hydrogens is 296 g/mol. The van der Waals surface area contributed by atoms with Crippen molar-refractivity contribution in [1.29, 1.82) is 0 Å². The van der Waals surface area contributed by atoms with Crippen LogP contribution in [0.3, 0.4) is 0 Å². The predicted octanol–water partition coefficient (Wildman–Crippen LogP) is 1.59. The molecule has 2 aromatic rings. The van der Waals surface area contributed by atoms with E-state index >= 15 is 0 Å². The van der Waals surface area contributed by atoms with Gasteiger partial charge in [-0.3, -0.25) is 10.00 Å². The van der Waals surface area contributed by atoms with Crippen molar-refractivity contribution >= 4 is 0 Å². The number of aryl methyl sites for hydroxylation is 1. The highest BCUT2D eigenvalue weighted by Gasteiger charge is 2.30. The molecule has 2 fully saturated rings. The van der Waals surface area contributed by atoms with Gasteiger partial charge in [-0.05, 0) is 19.3 Å². The summed E-state index contributed by atoms with van der Waals surface area (Å²) in [7, 11) is 0. The van der Waals surface area contributed by atoms with E-state index in [2.05, 4.69) is 37.1 Å². The number of rotatable bonds is 6. The van der Waals surface area contributed by atoms with Crippen LogP contribution in [0.1, 0.15) is 61.6 Å². The molecule has 1 saturated heterocycles. The van der Waals surface area contributed by atoms with Crippen LogP contribution in [0.2, 0.25) is 0 Å². The van der Waals surface area contributed by atoms with Gasteiger partial charge in [-0.25, -0.2) is 4.98 Å². The van der Waals surface area contributed by atoms with Crippen LogP contribution in [0.25, 0.3) is 0 Å². The summed E-state index contributed by atoms with van der Waals surface area (Å²) in [6, 6.07) is 0. The summed E-state index contributed by atoms with van der Waals surface area (Å²) < 4.78 is 11.1. The van der Waals surface area contributed by atoms with E-state index in [0.717, 1.165) is 49.3 Å². The maximum absolute atomic E-state index is 5.83. The van der Waals surface area contributed by atoms with Gasteiger partial charge in [-0.15, -0.1) is 0 Å². The highest BCUT2D eigenvalue weighted by atomic mass is 16.5. The molecule has 1 saturated carbocycles. The Morgan fingerprint density at radius 2 is 2.22 bits per heavy atom. The molecule has 3 heterocycles. The van der Waals surface area contributed by atoms with Crippen LogP contribution < -0.4 is 0 Å². The fourth-order valence-electron chi connectivity index (χ4n) is 2.83. The molecular formula is C15H22N6O2. The van der Waals surface area contributed by atoms with Crippen molar-refractivity contribution in [2.45, 2.75) is 51.2 Å². The third-order valence-corrected chi connectivity index (χ3v) is 4.25. The van der Waals surface area contributed by atoms with Gasteiger partial charge in [-0.2, -0.15) is 10.1 Å². The lowest BCUT2D eigenvalue weighted by molar-refractivity contribution is -0.0379. The normalized spacial score (nSPS) is 22.6. The van der Waals surface area contributed by atoms with Crippen LogP contribution in [-0.2, 0) is 17.7 Å². The number of hydrogen-bond donors (Lipinski definition) is 1. The van der Waals surface area contributed by atoms with Gasteiger partial charge in [-0.1, -0.05) is 12.1 Å². The zero-order chi connectivity index (χ0) is 15.6. The Morgan fingerprint density at radius 3 is 3.04 bits per heavy atom. The van der Waals surface area contributed by atoms with E-state index in [1.807, 2.05) is 0 Å². The van der Waals surface area contributed by atoms with Crippen molar-refractivity contribution in [3.63, 3.8) is 0 Å². The molecule has 1 atom stereocenters. The Morgan fingerprint density at radius 1 is 1.30 bits per heavy atom. The lowest BCUT2D eigenvalue weighted by Gasteiger charge is -2.30. The van der Waals surface area contributed by atoms with Crippen LogP contribution in [0.4, 0.5) is 0 Å². The second kappa shape index (κ2) is 6.37. The van der Waals surface area contributed by atoms with Gasteiger partial charge in [0.15, 0.2) is 11.6 Å². The Bertz CT molecular complexity index is 650. The topological polar surface area (TPSA) is 93.0 Å². The van der Waals surface area contributed by atoms with Gasteiger partial charge in [0, 0.05) is 25.4 Å². The maximum atomic E-state index is 5.83. The SMILES string of the molecule is CCCc1nc([C@H]2CN(Cc3noc(C4CC4)n3)CCO2)n[nH]1. The predicted molar refractivity (Wildman–Crippen MR) is 80.6 cm³/mol. The fraction of sp³-hybridized carbons (Fsp3) is 0.733. The number of ether oxygens (including phenoxy) is 1. The third kappa shape index (κ3) is 3.42. The average Bonchev–Trinajstić information content (AvgIpc) is 3.13. The minimum atomic E-state index is -0.0968. The van der Waals surface area contributed by atoms with Crippen LogP contribution in [0, 0.1) is 0 Å². The van der Waals surface area contributed by atoms with Crippen molar-refractivity contribution in [2.24, 2.45) is 0 Å². The second-order valence-electron chi connectivity index (χ2n) is 6.31. The largest absolute Gasteiger partial charge is 0.367 e. The molecule has 1 aliphatic heterocycles. The molecule has 0 amide bonds. The first-order chi connectivity index (χ1) is 11.3. The van der Waals surface area contributed by atoms with Crippen molar-refractivity contribution in [2.75, 3.05) is 19.7 Å². The number of nitrogens with one attached hydrogen (secondary N) is 1. The number of morpholine rings is 1. The Hall–Kier alpha value is -1.80. The number of hydrogen-bond acceptors (Lipinski definition) is 7. The summed E-state index contributed by atoms with van der Waals surface area (Å²) in [6.45, 7) is 5.08. The van der Waals surface area contributed by atoms with E-state index in [-0.39, 0.29) is 6.10 Å². The molecule has 1 aliphatic carbocycles. The molecule has 1 N–H and O–H groups in total. The fourth-order valence-corrected chi connectivity index (χ4v) is 2.83. The first-order valence-corrected chi connectivity index (χ1v) is 8.39. The quantitative estimate of drug-likeness (QED) is 0.864. The third-order valence-electron chi connectivity index (χ3n) is 4.25. The van der Waals surface area contributed by atoms with E-state index in [1.165, 1.54) is 12.8 Å². The standard InChI is InChI=1S/C15H22N6O2/c1-2-3-12-16-14(19-18-12)11-8-21(6-7-22-11)9-13-17-15(23-20-13)10-4-5-10/h10-11H,2-9H2,1H3,(H,16,18,19)/t11-/m1/s1. The van der Waals surface area contributed by atoms with Crippen molar-refractivity contribution < 1.29 is 9.26 Å². The smallest absolute Gasteiger partial charge is 0.229 e. The Kier molecular flexibility index (Phi) is 4.09. The van der Waals surface area contributed by atoms with E-state index in [0.29, 0.717) is 19.1 Å². The zero-order valence-corrected chi connectivity index (χ0v) is 13.4. The monoisotopic (exact) mass is 318 g/mol. The first-order valence-electron chi connectivity index (χ1n) is 8.39. The molecule has 23 heavy (non-hydrogen) atoms. The van der Waals surface area contributed by atoms with Gasteiger partial charge >= 0.3 is 0 Å². The number of aromatic amines is 1. The molecule has 2 aromatic heterocycles. The summed E-state index contributed by atoms with van der Waals surface area (Å²) in [5.74, 6) is 3.72. The summed E-state index contributed by atoms with van der Waals surface area (Å²) in [5, 5.41) is 11.4. The van der Waals surface area contributed by atoms with Crippen LogP contribution in [0.15, 0.2) is 4.52 Å². The molecule has 8 heteroatoms. The molecule has 0 spiro atoms. The van der Waals surface area contributed by atoms with Crippen LogP contribution >= 0.6 is 0 Å². The lowest BCUT2D eigenvalue weighted by atomic mass is 10.2. The van der Waals surface area contributed by atoms with Crippen LogP contribution in [0.5, 0.6) is 0 Å². The summed E-state index contributed by atoms with van der Waals surface area (Å²) in [4.78, 5) is 11.3. The zero-order valence-electron chi connectivity index (χ0n) is 13.4. The lowest BCUT2D eigenvalue weighted by Crippen LogP contribution is -2.38. The van der Waals surface area contributed by atoms with E-state index in [4.69, 9.17) is 9.26 Å². The molecule has 0 aromatic carbocycles. The molecule has 0 bridgehead atoms. The summed E-state index contributed by atoms with van der Waals surface area (Å²) in [5.41, 5.74) is 0. The first kappa shape index (κ1) is 14.8. The van der Waals surface area contributed by atoms with Crippen molar-refractivity contribution in [1.82, 2.24) is 30.2 Å². The minimum absolute atomic E-state index is 0.0968. The summed E-state index contributed by atoms with van der Waals surface area (Å²) >= 11 is 0. The second-order valence-corrected chi connectivity index (χ2v) is 6.31. The van der Waals surface area contributed by atoms with E-state index < -0.39 is 0 Å². The van der Waals surface area contributed by atoms with E-state index in [1.54, 1.807) is 0 Å². The molecule has 124 valence electrons. The van der Waals surface area contributed by atoms with E-state index in [9.17, 15) is 0 Å². The average molecular weight is 318 g/mol. The van der Waals surface area contributed by atoms with Crippen molar-refractivity contribution in [3.05, 3.63) is 23.4 Å². The highest BCUT2D eigenvalue weighted by Crippen LogP contribution is 2.38. The highest BCUT2D eigenvalue weighted by molar-refractivity contribution is 5.02. The number of nitrogens with zero attached hydrogens (tertiary/aromatic N) is 5. The number of aromatic nitrogens is 5. The van der Waals surface area contributed by atoms with Gasteiger partial charge in [0.05, 0.1) is 13.2 Å². The van der Waals surface area contributed by atoms with Crippen LogP contribution in [-0.4, -0.2) is 49.9 Å². The summed E-state index contributed by atoms with van der Waals surface area (Å²) in [6.07, 6.45) is 4.21. The Labute approximate surface area is 134 Å². The Balaban J connectivity index is 1.37.